The molecule has 1 aromatic carbocycles. The van der Waals surface area contributed by atoms with Gasteiger partial charge in [-0.15, -0.1) is 0 Å². The first-order valence-electron chi connectivity index (χ1n) is 5.95. The van der Waals surface area contributed by atoms with Gasteiger partial charge in [-0.2, -0.15) is 0 Å². The number of hydrazine groups is 1. The molecule has 1 heterocycles. The molecule has 2 N–H and O–H groups in total. The zero-order chi connectivity index (χ0) is 14.2. The van der Waals surface area contributed by atoms with E-state index in [0.717, 1.165) is 5.01 Å². The van der Waals surface area contributed by atoms with Crippen molar-refractivity contribution in [3.05, 3.63) is 23.8 Å². The normalized spacial score (nSPS) is 19.5. The first-order valence-corrected chi connectivity index (χ1v) is 5.95. The van der Waals surface area contributed by atoms with Gasteiger partial charge in [-0.3, -0.25) is 9.59 Å². The lowest BCUT2D eigenvalue weighted by atomic mass is 9.97. The van der Waals surface area contributed by atoms with E-state index in [9.17, 15) is 19.8 Å². The standard InChI is InChI=1S/C13H16N2O4/c1-14(2)15-12(18)6-9(13(15)19)5-8-3-4-10(16)7-11(8)17/h3-4,7,9,16-17H,5-6H2,1-2H3. The molecular weight excluding hydrogens is 248 g/mol. The van der Waals surface area contributed by atoms with Gasteiger partial charge in [-0.25, -0.2) is 10.0 Å². The molecule has 6 heteroatoms. The Morgan fingerprint density at radius 1 is 1.32 bits per heavy atom. The molecule has 1 saturated heterocycles. The van der Waals surface area contributed by atoms with Crippen molar-refractivity contribution in [1.29, 1.82) is 0 Å². The largest absolute Gasteiger partial charge is 0.508 e. The minimum atomic E-state index is -0.467. The van der Waals surface area contributed by atoms with Gasteiger partial charge >= 0.3 is 0 Å². The topological polar surface area (TPSA) is 81.1 Å². The molecule has 0 aromatic heterocycles. The van der Waals surface area contributed by atoms with Crippen molar-refractivity contribution >= 4 is 11.8 Å². The van der Waals surface area contributed by atoms with Crippen molar-refractivity contribution in [3.8, 4) is 11.5 Å². The number of hydrogen-bond donors (Lipinski definition) is 2. The molecule has 2 rings (SSSR count). The van der Waals surface area contributed by atoms with E-state index in [2.05, 4.69) is 0 Å². The summed E-state index contributed by atoms with van der Waals surface area (Å²) in [4.78, 5) is 23.8. The molecular formula is C13H16N2O4. The van der Waals surface area contributed by atoms with E-state index in [1.807, 2.05) is 0 Å². The highest BCUT2D eigenvalue weighted by Crippen LogP contribution is 2.29. The van der Waals surface area contributed by atoms with Crippen molar-refractivity contribution in [3.63, 3.8) is 0 Å². The summed E-state index contributed by atoms with van der Waals surface area (Å²) in [5.74, 6) is -1.07. The van der Waals surface area contributed by atoms with E-state index in [4.69, 9.17) is 0 Å². The fourth-order valence-corrected chi connectivity index (χ4v) is 2.25. The van der Waals surface area contributed by atoms with Crippen LogP contribution < -0.4 is 0 Å². The number of hydrogen-bond acceptors (Lipinski definition) is 5. The molecule has 1 aromatic rings. The zero-order valence-electron chi connectivity index (χ0n) is 10.8. The highest BCUT2D eigenvalue weighted by molar-refractivity contribution is 6.03. The number of carbonyl (C=O) groups is 2. The molecule has 19 heavy (non-hydrogen) atoms. The minimum Gasteiger partial charge on any atom is -0.508 e. The van der Waals surface area contributed by atoms with Crippen LogP contribution in [0, 0.1) is 5.92 Å². The second kappa shape index (κ2) is 4.89. The molecule has 0 saturated carbocycles. The minimum absolute atomic E-state index is 0.0370. The number of phenols is 2. The molecule has 1 unspecified atom stereocenters. The van der Waals surface area contributed by atoms with E-state index < -0.39 is 5.92 Å². The lowest BCUT2D eigenvalue weighted by Crippen LogP contribution is -2.41. The SMILES string of the molecule is CN(C)N1C(=O)CC(Cc2ccc(O)cc2O)C1=O. The van der Waals surface area contributed by atoms with Gasteiger partial charge in [-0.1, -0.05) is 6.07 Å². The smallest absolute Gasteiger partial charge is 0.247 e. The quantitative estimate of drug-likeness (QED) is 0.777. The summed E-state index contributed by atoms with van der Waals surface area (Å²) in [5.41, 5.74) is 0.546. The van der Waals surface area contributed by atoms with Crippen LogP contribution in [0.15, 0.2) is 18.2 Å². The Balaban J connectivity index is 2.16. The fraction of sp³-hybridized carbons (Fsp3) is 0.385. The number of phenolic OH excluding ortho intramolecular Hbond substituents is 2. The summed E-state index contributed by atoms with van der Waals surface area (Å²) in [7, 11) is 3.27. The molecule has 0 spiro atoms. The Hall–Kier alpha value is -2.08. The zero-order valence-corrected chi connectivity index (χ0v) is 10.8. The van der Waals surface area contributed by atoms with Gasteiger partial charge < -0.3 is 10.2 Å². The van der Waals surface area contributed by atoms with Crippen molar-refractivity contribution in [2.24, 2.45) is 5.92 Å². The van der Waals surface area contributed by atoms with Crippen LogP contribution in [-0.2, 0) is 16.0 Å². The number of imide groups is 1. The average molecular weight is 264 g/mol. The van der Waals surface area contributed by atoms with Gasteiger partial charge in [0.05, 0.1) is 5.92 Å². The van der Waals surface area contributed by atoms with Crippen LogP contribution in [0.1, 0.15) is 12.0 Å². The van der Waals surface area contributed by atoms with Crippen molar-refractivity contribution in [1.82, 2.24) is 10.0 Å². The van der Waals surface area contributed by atoms with Crippen LogP contribution >= 0.6 is 0 Å². The maximum atomic E-state index is 12.1. The molecule has 6 nitrogen and oxygen atoms in total. The highest BCUT2D eigenvalue weighted by atomic mass is 16.3. The van der Waals surface area contributed by atoms with Crippen LogP contribution in [0.25, 0.3) is 0 Å². The van der Waals surface area contributed by atoms with Crippen LogP contribution in [0.2, 0.25) is 0 Å². The van der Waals surface area contributed by atoms with Gasteiger partial charge in [0, 0.05) is 26.6 Å². The summed E-state index contributed by atoms with van der Waals surface area (Å²) in [5, 5.41) is 21.5. The molecule has 1 aliphatic heterocycles. The van der Waals surface area contributed by atoms with E-state index >= 15 is 0 Å². The highest BCUT2D eigenvalue weighted by Gasteiger charge is 2.40. The van der Waals surface area contributed by atoms with Crippen molar-refractivity contribution in [2.75, 3.05) is 14.1 Å². The van der Waals surface area contributed by atoms with E-state index in [1.54, 1.807) is 20.2 Å². The third-order valence-electron chi connectivity index (χ3n) is 3.15. The molecule has 1 fully saturated rings. The number of rotatable bonds is 3. The Morgan fingerprint density at radius 3 is 2.53 bits per heavy atom. The number of carbonyl (C=O) groups excluding carboxylic acids is 2. The third kappa shape index (κ3) is 2.53. The summed E-state index contributed by atoms with van der Waals surface area (Å²) in [6, 6.07) is 4.22. The van der Waals surface area contributed by atoms with Crippen LogP contribution in [-0.4, -0.2) is 46.1 Å². The predicted molar refractivity (Wildman–Crippen MR) is 67.1 cm³/mol. The first-order chi connectivity index (χ1) is 8.90. The molecule has 102 valence electrons. The number of amides is 2. The Labute approximate surface area is 110 Å². The van der Waals surface area contributed by atoms with E-state index in [1.165, 1.54) is 17.1 Å². The summed E-state index contributed by atoms with van der Waals surface area (Å²) >= 11 is 0. The van der Waals surface area contributed by atoms with Crippen LogP contribution in [0.5, 0.6) is 11.5 Å². The summed E-state index contributed by atoms with van der Waals surface area (Å²) in [6.07, 6.45) is 0.415. The maximum absolute atomic E-state index is 12.1. The summed E-state index contributed by atoms with van der Waals surface area (Å²) < 4.78 is 0. The lowest BCUT2D eigenvalue weighted by Gasteiger charge is -2.21. The Bertz CT molecular complexity index is 527. The van der Waals surface area contributed by atoms with Crippen LogP contribution in [0.4, 0.5) is 0 Å². The molecule has 2 amide bonds. The fourth-order valence-electron chi connectivity index (χ4n) is 2.25. The van der Waals surface area contributed by atoms with Crippen molar-refractivity contribution in [2.45, 2.75) is 12.8 Å². The van der Waals surface area contributed by atoms with Gasteiger partial charge in [-0.05, 0) is 18.1 Å². The Morgan fingerprint density at radius 2 is 2.00 bits per heavy atom. The van der Waals surface area contributed by atoms with Gasteiger partial charge in [0.15, 0.2) is 0 Å². The van der Waals surface area contributed by atoms with Crippen LogP contribution in [0.3, 0.4) is 0 Å². The first kappa shape index (κ1) is 13.4. The van der Waals surface area contributed by atoms with Gasteiger partial charge in [0.1, 0.15) is 11.5 Å². The monoisotopic (exact) mass is 264 g/mol. The molecule has 0 bridgehead atoms. The second-order valence-corrected chi connectivity index (χ2v) is 4.81. The van der Waals surface area contributed by atoms with Crippen molar-refractivity contribution < 1.29 is 19.8 Å². The van der Waals surface area contributed by atoms with Gasteiger partial charge in [0.25, 0.3) is 0 Å². The molecule has 1 atom stereocenters. The van der Waals surface area contributed by atoms with E-state index in [0.29, 0.717) is 5.56 Å². The number of nitrogens with zero attached hydrogens (tertiary/aromatic N) is 2. The maximum Gasteiger partial charge on any atom is 0.247 e. The second-order valence-electron chi connectivity index (χ2n) is 4.81. The Kier molecular flexibility index (Phi) is 3.44. The lowest BCUT2D eigenvalue weighted by molar-refractivity contribution is -0.153. The number of aromatic hydroxyl groups is 2. The molecule has 1 aliphatic rings. The molecule has 0 radical (unpaired) electrons. The van der Waals surface area contributed by atoms with E-state index in [-0.39, 0.29) is 36.2 Å². The molecule has 0 aliphatic carbocycles. The third-order valence-corrected chi connectivity index (χ3v) is 3.15. The predicted octanol–water partition coefficient (Wildman–Crippen LogP) is 0.492. The van der Waals surface area contributed by atoms with Gasteiger partial charge in [0.2, 0.25) is 11.8 Å². The number of benzene rings is 1. The summed E-state index contributed by atoms with van der Waals surface area (Å²) in [6.45, 7) is 0. The average Bonchev–Trinajstić information content (AvgIpc) is 2.58.